The van der Waals surface area contributed by atoms with E-state index in [9.17, 15) is 0 Å². The van der Waals surface area contributed by atoms with E-state index < -0.39 is 0 Å². The average Bonchev–Trinajstić information content (AvgIpc) is 2.47. The number of hydrogen-bond donors (Lipinski definition) is 0. The molecular weight excluding hydrogens is 316 g/mol. The standard InChI is InChI=1S/C17H25BrO2/c1-17(2,14-8-4-3-5-9-14)12-11-15(18)20-16-10-6-7-13-19-16/h3-5,8-9,15-16H,6-7,10-13H2,1-2H3. The third-order valence-corrected chi connectivity index (χ3v) is 4.66. The summed E-state index contributed by atoms with van der Waals surface area (Å²) in [6.45, 7) is 5.41. The quantitative estimate of drug-likeness (QED) is 0.677. The molecule has 1 saturated heterocycles. The molecule has 2 atom stereocenters. The topological polar surface area (TPSA) is 18.5 Å². The number of rotatable bonds is 6. The van der Waals surface area contributed by atoms with Crippen LogP contribution in [0.5, 0.6) is 0 Å². The average molecular weight is 341 g/mol. The summed E-state index contributed by atoms with van der Waals surface area (Å²) in [5.41, 5.74) is 1.55. The van der Waals surface area contributed by atoms with Crippen LogP contribution in [-0.4, -0.2) is 17.9 Å². The van der Waals surface area contributed by atoms with Gasteiger partial charge in [0.15, 0.2) is 6.29 Å². The van der Waals surface area contributed by atoms with Gasteiger partial charge in [-0.2, -0.15) is 0 Å². The molecule has 0 aromatic heterocycles. The van der Waals surface area contributed by atoms with Crippen molar-refractivity contribution < 1.29 is 9.47 Å². The van der Waals surface area contributed by atoms with Crippen LogP contribution in [0.3, 0.4) is 0 Å². The number of benzene rings is 1. The fraction of sp³-hybridized carbons (Fsp3) is 0.647. The molecular formula is C17H25BrO2. The lowest BCUT2D eigenvalue weighted by Gasteiger charge is -2.29. The van der Waals surface area contributed by atoms with E-state index in [1.807, 2.05) is 0 Å². The number of halogens is 1. The van der Waals surface area contributed by atoms with Crippen molar-refractivity contribution in [2.75, 3.05) is 6.61 Å². The second kappa shape index (κ2) is 7.58. The molecule has 1 aliphatic rings. The van der Waals surface area contributed by atoms with E-state index in [4.69, 9.17) is 9.47 Å². The van der Waals surface area contributed by atoms with E-state index in [0.717, 1.165) is 32.3 Å². The van der Waals surface area contributed by atoms with Crippen molar-refractivity contribution in [3.8, 4) is 0 Å². The summed E-state index contributed by atoms with van der Waals surface area (Å²) in [6, 6.07) is 10.7. The Kier molecular flexibility index (Phi) is 6.06. The van der Waals surface area contributed by atoms with Crippen LogP contribution in [0.1, 0.15) is 51.5 Å². The summed E-state index contributed by atoms with van der Waals surface area (Å²) in [5.74, 6) is 0. The zero-order chi connectivity index (χ0) is 14.4. The first-order valence-electron chi connectivity index (χ1n) is 7.54. The van der Waals surface area contributed by atoms with Crippen LogP contribution in [0.25, 0.3) is 0 Å². The second-order valence-corrected chi connectivity index (χ2v) is 7.15. The Morgan fingerprint density at radius 2 is 2.05 bits per heavy atom. The Bertz CT molecular complexity index is 385. The molecule has 1 aromatic carbocycles. The molecule has 1 aromatic rings. The van der Waals surface area contributed by atoms with Crippen LogP contribution in [-0.2, 0) is 14.9 Å². The lowest BCUT2D eigenvalue weighted by molar-refractivity contribution is -0.169. The fourth-order valence-corrected chi connectivity index (χ4v) is 3.03. The molecule has 2 rings (SSSR count). The van der Waals surface area contributed by atoms with Gasteiger partial charge in [-0.1, -0.05) is 60.1 Å². The number of alkyl halides is 1. The highest BCUT2D eigenvalue weighted by Gasteiger charge is 2.23. The Labute approximate surface area is 131 Å². The van der Waals surface area contributed by atoms with Crippen molar-refractivity contribution >= 4 is 15.9 Å². The van der Waals surface area contributed by atoms with E-state index in [1.165, 1.54) is 12.0 Å². The molecule has 0 amide bonds. The second-order valence-electron chi connectivity index (χ2n) is 6.13. The monoisotopic (exact) mass is 340 g/mol. The molecule has 0 spiro atoms. The number of ether oxygens (including phenoxy) is 2. The molecule has 1 heterocycles. The zero-order valence-corrected chi connectivity index (χ0v) is 14.1. The molecule has 20 heavy (non-hydrogen) atoms. The summed E-state index contributed by atoms with van der Waals surface area (Å²) in [5, 5.41) is 0.0774. The van der Waals surface area contributed by atoms with Gasteiger partial charge in [0, 0.05) is 6.61 Å². The largest absolute Gasteiger partial charge is 0.353 e. The van der Waals surface area contributed by atoms with Gasteiger partial charge in [0.2, 0.25) is 0 Å². The SMILES string of the molecule is CC(C)(CCC(Br)OC1CCCCO1)c1ccccc1. The Balaban J connectivity index is 1.78. The van der Waals surface area contributed by atoms with Crippen LogP contribution in [0.2, 0.25) is 0 Å². The molecule has 0 radical (unpaired) electrons. The molecule has 3 heteroatoms. The van der Waals surface area contributed by atoms with Crippen molar-refractivity contribution in [3.05, 3.63) is 35.9 Å². The number of hydrogen-bond acceptors (Lipinski definition) is 2. The first kappa shape index (κ1) is 16.0. The van der Waals surface area contributed by atoms with E-state index in [0.29, 0.717) is 0 Å². The molecule has 2 unspecified atom stereocenters. The Hall–Kier alpha value is -0.380. The summed E-state index contributed by atoms with van der Waals surface area (Å²) >= 11 is 3.64. The van der Waals surface area contributed by atoms with Crippen LogP contribution in [0.15, 0.2) is 30.3 Å². The molecule has 112 valence electrons. The fourth-order valence-electron chi connectivity index (χ4n) is 2.56. The van der Waals surface area contributed by atoms with Gasteiger partial charge < -0.3 is 9.47 Å². The van der Waals surface area contributed by atoms with Crippen molar-refractivity contribution in [3.63, 3.8) is 0 Å². The van der Waals surface area contributed by atoms with Crippen molar-refractivity contribution in [1.82, 2.24) is 0 Å². The summed E-state index contributed by atoms with van der Waals surface area (Å²) in [6.07, 6.45) is 5.44. The summed E-state index contributed by atoms with van der Waals surface area (Å²) in [7, 11) is 0. The van der Waals surface area contributed by atoms with Crippen molar-refractivity contribution in [2.24, 2.45) is 0 Å². The maximum Gasteiger partial charge on any atom is 0.159 e. The van der Waals surface area contributed by atoms with Gasteiger partial charge in [0.05, 0.1) is 0 Å². The Morgan fingerprint density at radius 1 is 1.30 bits per heavy atom. The minimum absolute atomic E-state index is 0.0204. The third-order valence-electron chi connectivity index (χ3n) is 3.99. The maximum atomic E-state index is 5.92. The van der Waals surface area contributed by atoms with Crippen LogP contribution in [0.4, 0.5) is 0 Å². The predicted octanol–water partition coefficient (Wildman–Crippen LogP) is 5.01. The minimum Gasteiger partial charge on any atom is -0.353 e. The van der Waals surface area contributed by atoms with Gasteiger partial charge in [-0.3, -0.25) is 0 Å². The van der Waals surface area contributed by atoms with Crippen LogP contribution >= 0.6 is 15.9 Å². The van der Waals surface area contributed by atoms with Gasteiger partial charge in [-0.05, 0) is 43.1 Å². The van der Waals surface area contributed by atoms with Crippen LogP contribution in [0, 0.1) is 0 Å². The minimum atomic E-state index is -0.0204. The van der Waals surface area contributed by atoms with Crippen molar-refractivity contribution in [2.45, 2.75) is 62.7 Å². The van der Waals surface area contributed by atoms with Crippen LogP contribution < -0.4 is 0 Å². The molecule has 0 saturated carbocycles. The van der Waals surface area contributed by atoms with E-state index in [2.05, 4.69) is 60.1 Å². The van der Waals surface area contributed by atoms with Gasteiger partial charge in [-0.15, -0.1) is 0 Å². The lowest BCUT2D eigenvalue weighted by Crippen LogP contribution is -2.26. The molecule has 0 aliphatic carbocycles. The smallest absolute Gasteiger partial charge is 0.159 e. The van der Waals surface area contributed by atoms with Gasteiger partial charge in [0.25, 0.3) is 0 Å². The highest BCUT2D eigenvalue weighted by atomic mass is 79.9. The zero-order valence-electron chi connectivity index (χ0n) is 12.5. The molecule has 1 aliphatic heterocycles. The van der Waals surface area contributed by atoms with Gasteiger partial charge >= 0.3 is 0 Å². The summed E-state index contributed by atoms with van der Waals surface area (Å²) in [4.78, 5) is 0. The highest BCUT2D eigenvalue weighted by molar-refractivity contribution is 9.09. The molecule has 0 N–H and O–H groups in total. The van der Waals surface area contributed by atoms with E-state index >= 15 is 0 Å². The van der Waals surface area contributed by atoms with Gasteiger partial charge in [-0.25, -0.2) is 0 Å². The highest BCUT2D eigenvalue weighted by Crippen LogP contribution is 2.31. The molecule has 1 fully saturated rings. The van der Waals surface area contributed by atoms with Crippen molar-refractivity contribution in [1.29, 1.82) is 0 Å². The third kappa shape index (κ3) is 4.87. The van der Waals surface area contributed by atoms with E-state index in [-0.39, 0.29) is 16.7 Å². The lowest BCUT2D eigenvalue weighted by atomic mass is 9.81. The van der Waals surface area contributed by atoms with E-state index in [1.54, 1.807) is 0 Å². The maximum absolute atomic E-state index is 5.92. The summed E-state index contributed by atoms with van der Waals surface area (Å²) < 4.78 is 11.5. The molecule has 2 nitrogen and oxygen atoms in total. The Morgan fingerprint density at radius 3 is 2.70 bits per heavy atom. The normalized spacial score (nSPS) is 21.6. The first-order valence-corrected chi connectivity index (χ1v) is 8.46. The van der Waals surface area contributed by atoms with Gasteiger partial charge in [0.1, 0.15) is 5.01 Å². The molecule has 0 bridgehead atoms. The first-order chi connectivity index (χ1) is 9.58. The predicted molar refractivity (Wildman–Crippen MR) is 86.1 cm³/mol.